The highest BCUT2D eigenvalue weighted by atomic mass is 32.2. The van der Waals surface area contributed by atoms with Crippen LogP contribution in [-0.4, -0.2) is 31.7 Å². The zero-order valence-corrected chi connectivity index (χ0v) is 15.9. The second kappa shape index (κ2) is 7.60. The molecule has 0 radical (unpaired) electrons. The summed E-state index contributed by atoms with van der Waals surface area (Å²) in [7, 11) is -3.53. The number of carbonyl (C=O) groups excluding carboxylic acids is 1. The molecule has 0 atom stereocenters. The minimum absolute atomic E-state index is 0.169. The number of benzene rings is 2. The summed E-state index contributed by atoms with van der Waals surface area (Å²) in [4.78, 5) is 12.7. The monoisotopic (exact) mass is 372 g/mol. The van der Waals surface area contributed by atoms with E-state index < -0.39 is 10.0 Å². The van der Waals surface area contributed by atoms with Crippen molar-refractivity contribution < 1.29 is 13.2 Å². The Morgan fingerprint density at radius 1 is 1.04 bits per heavy atom. The van der Waals surface area contributed by atoms with Crippen molar-refractivity contribution in [3.63, 3.8) is 0 Å². The molecule has 5 nitrogen and oxygen atoms in total. The van der Waals surface area contributed by atoms with Gasteiger partial charge in [-0.2, -0.15) is 4.31 Å². The van der Waals surface area contributed by atoms with Crippen LogP contribution in [0.4, 0.5) is 5.69 Å². The Morgan fingerprint density at radius 3 is 2.31 bits per heavy atom. The van der Waals surface area contributed by atoms with Crippen LogP contribution in [0.15, 0.2) is 53.4 Å². The normalized spacial score (nSPS) is 15.3. The van der Waals surface area contributed by atoms with E-state index in [-0.39, 0.29) is 10.8 Å². The molecule has 0 bridgehead atoms. The van der Waals surface area contributed by atoms with Crippen molar-refractivity contribution in [1.29, 1.82) is 0 Å². The standard InChI is InChI=1S/C20H24N2O3S/c1-15(2)16-8-10-18(11-9-16)21-20(23)17-6-5-7-19(14-17)26(24,25)22-12-3-4-13-22/h5-11,14-15H,3-4,12-13H2,1-2H3,(H,21,23). The lowest BCUT2D eigenvalue weighted by Gasteiger charge is -2.16. The highest BCUT2D eigenvalue weighted by Crippen LogP contribution is 2.22. The van der Waals surface area contributed by atoms with Crippen LogP contribution in [0.2, 0.25) is 0 Å². The number of hydrogen-bond donors (Lipinski definition) is 1. The van der Waals surface area contributed by atoms with Gasteiger partial charge in [0.25, 0.3) is 5.91 Å². The second-order valence-corrected chi connectivity index (χ2v) is 8.81. The molecule has 1 amide bonds. The number of amides is 1. The lowest BCUT2D eigenvalue weighted by atomic mass is 10.0. The molecule has 138 valence electrons. The van der Waals surface area contributed by atoms with Crippen LogP contribution in [0.5, 0.6) is 0 Å². The molecule has 26 heavy (non-hydrogen) atoms. The molecular weight excluding hydrogens is 348 g/mol. The molecule has 0 aromatic heterocycles. The summed E-state index contributed by atoms with van der Waals surface area (Å²) in [5.41, 5.74) is 2.21. The van der Waals surface area contributed by atoms with Crippen LogP contribution in [0.25, 0.3) is 0 Å². The van der Waals surface area contributed by atoms with Crippen LogP contribution in [-0.2, 0) is 10.0 Å². The number of hydrogen-bond acceptors (Lipinski definition) is 3. The lowest BCUT2D eigenvalue weighted by Crippen LogP contribution is -2.28. The van der Waals surface area contributed by atoms with E-state index in [2.05, 4.69) is 19.2 Å². The minimum Gasteiger partial charge on any atom is -0.322 e. The summed E-state index contributed by atoms with van der Waals surface area (Å²) in [6, 6.07) is 13.9. The van der Waals surface area contributed by atoms with E-state index in [4.69, 9.17) is 0 Å². The molecule has 0 saturated carbocycles. The molecule has 1 saturated heterocycles. The van der Waals surface area contributed by atoms with Gasteiger partial charge in [0.1, 0.15) is 0 Å². The zero-order chi connectivity index (χ0) is 18.7. The van der Waals surface area contributed by atoms with E-state index >= 15 is 0 Å². The largest absolute Gasteiger partial charge is 0.322 e. The van der Waals surface area contributed by atoms with Crippen molar-refractivity contribution in [2.75, 3.05) is 18.4 Å². The molecule has 0 unspecified atom stereocenters. The number of rotatable bonds is 5. The maximum absolute atomic E-state index is 12.7. The molecule has 1 aliphatic rings. The maximum atomic E-state index is 12.7. The van der Waals surface area contributed by atoms with Gasteiger partial charge in [0, 0.05) is 24.3 Å². The van der Waals surface area contributed by atoms with Crippen LogP contribution in [0.3, 0.4) is 0 Å². The molecular formula is C20H24N2O3S. The lowest BCUT2D eigenvalue weighted by molar-refractivity contribution is 0.102. The van der Waals surface area contributed by atoms with E-state index in [9.17, 15) is 13.2 Å². The molecule has 1 heterocycles. The van der Waals surface area contributed by atoms with Gasteiger partial charge in [0.15, 0.2) is 0 Å². The summed E-state index contributed by atoms with van der Waals surface area (Å²) in [6.07, 6.45) is 1.76. The maximum Gasteiger partial charge on any atom is 0.255 e. The van der Waals surface area contributed by atoms with Gasteiger partial charge in [0.05, 0.1) is 4.90 Å². The Labute approximate surface area is 155 Å². The van der Waals surface area contributed by atoms with Crippen molar-refractivity contribution in [2.45, 2.75) is 37.5 Å². The first-order valence-corrected chi connectivity index (χ1v) is 10.3. The third-order valence-corrected chi connectivity index (χ3v) is 6.53. The number of anilines is 1. The molecule has 1 aliphatic heterocycles. The summed E-state index contributed by atoms with van der Waals surface area (Å²) in [5, 5.41) is 2.83. The average Bonchev–Trinajstić information content (AvgIpc) is 3.18. The van der Waals surface area contributed by atoms with Crippen molar-refractivity contribution in [1.82, 2.24) is 4.31 Å². The SMILES string of the molecule is CC(C)c1ccc(NC(=O)c2cccc(S(=O)(=O)N3CCCC3)c2)cc1. The Hall–Kier alpha value is -2.18. The molecule has 1 fully saturated rings. The highest BCUT2D eigenvalue weighted by molar-refractivity contribution is 7.89. The third kappa shape index (κ3) is 3.97. The van der Waals surface area contributed by atoms with Crippen LogP contribution >= 0.6 is 0 Å². The fourth-order valence-electron chi connectivity index (χ4n) is 3.03. The van der Waals surface area contributed by atoms with E-state index in [0.29, 0.717) is 30.3 Å². The topological polar surface area (TPSA) is 66.5 Å². The van der Waals surface area contributed by atoms with E-state index in [1.165, 1.54) is 15.9 Å². The summed E-state index contributed by atoms with van der Waals surface area (Å²) >= 11 is 0. The summed E-state index contributed by atoms with van der Waals surface area (Å²) in [5.74, 6) is 0.105. The summed E-state index contributed by atoms with van der Waals surface area (Å²) < 4.78 is 26.8. The van der Waals surface area contributed by atoms with Crippen molar-refractivity contribution in [3.05, 3.63) is 59.7 Å². The first-order valence-electron chi connectivity index (χ1n) is 8.89. The Balaban J connectivity index is 1.78. The van der Waals surface area contributed by atoms with E-state index in [0.717, 1.165) is 12.8 Å². The molecule has 2 aromatic carbocycles. The van der Waals surface area contributed by atoms with E-state index in [1.807, 2.05) is 24.3 Å². The number of sulfonamides is 1. The number of nitrogens with one attached hydrogen (secondary N) is 1. The van der Waals surface area contributed by atoms with Crippen LogP contribution in [0, 0.1) is 0 Å². The molecule has 0 aliphatic carbocycles. The molecule has 2 aromatic rings. The Kier molecular flexibility index (Phi) is 5.44. The molecule has 3 rings (SSSR count). The van der Waals surface area contributed by atoms with Crippen molar-refractivity contribution >= 4 is 21.6 Å². The number of carbonyl (C=O) groups is 1. The average molecular weight is 372 g/mol. The van der Waals surface area contributed by atoms with Gasteiger partial charge in [-0.1, -0.05) is 32.0 Å². The van der Waals surface area contributed by atoms with Crippen LogP contribution in [0.1, 0.15) is 48.5 Å². The smallest absolute Gasteiger partial charge is 0.255 e. The minimum atomic E-state index is -3.53. The predicted molar refractivity (Wildman–Crippen MR) is 103 cm³/mol. The first-order chi connectivity index (χ1) is 12.4. The quantitative estimate of drug-likeness (QED) is 0.867. The molecule has 1 N–H and O–H groups in total. The van der Waals surface area contributed by atoms with Gasteiger partial charge in [-0.25, -0.2) is 8.42 Å². The fraction of sp³-hybridized carbons (Fsp3) is 0.350. The Bertz CT molecular complexity index is 884. The van der Waals surface area contributed by atoms with Crippen molar-refractivity contribution in [2.24, 2.45) is 0 Å². The predicted octanol–water partition coefficient (Wildman–Crippen LogP) is 3.85. The fourth-order valence-corrected chi connectivity index (χ4v) is 4.59. The van der Waals surface area contributed by atoms with Crippen LogP contribution < -0.4 is 5.32 Å². The molecule has 0 spiro atoms. The van der Waals surface area contributed by atoms with Gasteiger partial charge in [-0.3, -0.25) is 4.79 Å². The summed E-state index contributed by atoms with van der Waals surface area (Å²) in [6.45, 7) is 5.31. The Morgan fingerprint density at radius 2 is 1.69 bits per heavy atom. The first kappa shape index (κ1) is 18.6. The van der Waals surface area contributed by atoms with Gasteiger partial charge >= 0.3 is 0 Å². The zero-order valence-electron chi connectivity index (χ0n) is 15.1. The van der Waals surface area contributed by atoms with Gasteiger partial charge < -0.3 is 5.32 Å². The highest BCUT2D eigenvalue weighted by Gasteiger charge is 2.27. The second-order valence-electron chi connectivity index (χ2n) is 6.87. The van der Waals surface area contributed by atoms with Gasteiger partial charge in [0.2, 0.25) is 10.0 Å². The van der Waals surface area contributed by atoms with E-state index in [1.54, 1.807) is 18.2 Å². The van der Waals surface area contributed by atoms with Gasteiger partial charge in [-0.15, -0.1) is 0 Å². The number of nitrogens with zero attached hydrogens (tertiary/aromatic N) is 1. The van der Waals surface area contributed by atoms with Gasteiger partial charge in [-0.05, 0) is 54.7 Å². The third-order valence-electron chi connectivity index (χ3n) is 4.63. The van der Waals surface area contributed by atoms with Crippen molar-refractivity contribution in [3.8, 4) is 0 Å². The molecule has 6 heteroatoms.